The van der Waals surface area contributed by atoms with Crippen LogP contribution in [0.3, 0.4) is 0 Å². The fourth-order valence-electron chi connectivity index (χ4n) is 5.42. The summed E-state index contributed by atoms with van der Waals surface area (Å²) in [4.78, 5) is 4.56. The molecule has 0 aromatic rings. The molecular formula is C13H24B17N2. The van der Waals surface area contributed by atoms with Crippen molar-refractivity contribution in [3.05, 3.63) is 0 Å². The third-order valence-corrected chi connectivity index (χ3v) is 7.47. The number of nitrogens with zero attached hydrogens (tertiary/aromatic N) is 2. The highest BCUT2D eigenvalue weighted by Gasteiger charge is 2.56. The molecule has 19 heteroatoms. The van der Waals surface area contributed by atoms with Crippen molar-refractivity contribution in [1.29, 1.82) is 0 Å². The van der Waals surface area contributed by atoms with E-state index >= 15 is 0 Å². The van der Waals surface area contributed by atoms with Crippen molar-refractivity contribution in [2.24, 2.45) is 5.92 Å². The standard InChI is InChI=1S/C13H24B17N2/c1-7(2)13(6,23-14)32-9(5)10(26(17)24-15)31(8(3)4)11(27(18)29(19)20)12(32)28(25-16)30(21)22/h7-12H,1-6H3. The van der Waals surface area contributed by atoms with Gasteiger partial charge >= 0.3 is 0 Å². The topological polar surface area (TPSA) is 6.48 Å². The first kappa shape index (κ1) is 31.1. The summed E-state index contributed by atoms with van der Waals surface area (Å²) in [7, 11) is 61.2. The van der Waals surface area contributed by atoms with Crippen LogP contribution in [0, 0.1) is 5.92 Å². The minimum atomic E-state index is -0.794. The summed E-state index contributed by atoms with van der Waals surface area (Å²) in [6.07, 6.45) is -1.53. The van der Waals surface area contributed by atoms with Crippen LogP contribution in [0.1, 0.15) is 41.5 Å². The highest BCUT2D eigenvalue weighted by molar-refractivity contribution is 7.73. The lowest BCUT2D eigenvalue weighted by Gasteiger charge is -2.68. The molecule has 137 valence electrons. The van der Waals surface area contributed by atoms with Gasteiger partial charge in [0.15, 0.2) is 0 Å². The van der Waals surface area contributed by atoms with Crippen molar-refractivity contribution in [3.63, 3.8) is 0 Å². The smallest absolute Gasteiger partial charge is 0.0822 e. The average Bonchev–Trinajstić information content (AvgIpc) is 2.71. The summed E-state index contributed by atoms with van der Waals surface area (Å²) >= 11 is 0. The van der Waals surface area contributed by atoms with Crippen LogP contribution in [0.4, 0.5) is 0 Å². The highest BCUT2D eigenvalue weighted by Crippen LogP contribution is 2.39. The summed E-state index contributed by atoms with van der Waals surface area (Å²) in [5, 5.41) is 0. The molecule has 0 aromatic carbocycles. The van der Waals surface area contributed by atoms with E-state index in [2.05, 4.69) is 51.3 Å². The van der Waals surface area contributed by atoms with E-state index < -0.39 is 37.7 Å². The molecule has 2 nitrogen and oxygen atoms in total. The first-order valence-electron chi connectivity index (χ1n) is 11.5. The Balaban J connectivity index is 3.97. The highest BCUT2D eigenvalue weighted by atomic mass is 15.4. The molecule has 1 rings (SSSR count). The second-order valence-electron chi connectivity index (χ2n) is 9.98. The zero-order chi connectivity index (χ0) is 25.1. The molecule has 1 aliphatic heterocycles. The maximum absolute atomic E-state index is 6.70. The molecule has 0 saturated carbocycles. The van der Waals surface area contributed by atoms with Crippen LogP contribution in [0.15, 0.2) is 0 Å². The summed E-state index contributed by atoms with van der Waals surface area (Å²) in [6, 6.07) is -0.0597. The van der Waals surface area contributed by atoms with Crippen molar-refractivity contribution < 1.29 is 0 Å². The van der Waals surface area contributed by atoms with Gasteiger partial charge in [0.2, 0.25) is 0 Å². The molecule has 0 amide bonds. The van der Waals surface area contributed by atoms with E-state index in [1.807, 2.05) is 0 Å². The monoisotopic (exact) mass is 395 g/mol. The van der Waals surface area contributed by atoms with Crippen LogP contribution in [0.2, 0.25) is 0 Å². The molecule has 1 heterocycles. The fourth-order valence-corrected chi connectivity index (χ4v) is 5.42. The Bertz CT molecular complexity index is 569. The Kier molecular flexibility index (Phi) is 12.4. The van der Waals surface area contributed by atoms with Crippen LogP contribution in [0.5, 0.6) is 0 Å². The lowest BCUT2D eigenvalue weighted by molar-refractivity contribution is -0.0380. The largest absolute Gasteiger partial charge is 0.310 e. The van der Waals surface area contributed by atoms with Crippen molar-refractivity contribution >= 4 is 123 Å². The molecule has 21 radical (unpaired) electrons. The Labute approximate surface area is 215 Å². The SMILES string of the molecule is [B][B]B([B])C1C(C)N(C(C)([B][B])C(C)C)C(B([B][B])B([B])[B])C(B([B])B([B])[B])N1C(C)C. The second-order valence-corrected chi connectivity index (χ2v) is 9.98. The molecular weight excluding hydrogens is 368 g/mol. The summed E-state index contributed by atoms with van der Waals surface area (Å²) in [5.74, 6) is -0.774. The minimum absolute atomic E-state index is 0.0486. The number of piperazine rings is 1. The lowest BCUT2D eigenvalue weighted by atomic mass is 8.77. The molecule has 0 spiro atoms. The Morgan fingerprint density at radius 1 is 0.812 bits per heavy atom. The van der Waals surface area contributed by atoms with Crippen LogP contribution in [-0.2, 0) is 0 Å². The lowest BCUT2D eigenvalue weighted by Crippen LogP contribution is -2.85. The van der Waals surface area contributed by atoms with Crippen molar-refractivity contribution in [1.82, 2.24) is 9.80 Å². The summed E-state index contributed by atoms with van der Waals surface area (Å²) in [5.41, 5.74) is -0.563. The van der Waals surface area contributed by atoms with Gasteiger partial charge in [-0.1, -0.05) is 20.8 Å². The molecule has 0 bridgehead atoms. The minimum Gasteiger partial charge on any atom is -0.310 e. The zero-order valence-corrected chi connectivity index (χ0v) is 20.7. The van der Waals surface area contributed by atoms with E-state index in [4.69, 9.17) is 69.6 Å². The van der Waals surface area contributed by atoms with Gasteiger partial charge in [-0.15, -0.1) is 0 Å². The van der Waals surface area contributed by atoms with E-state index in [-0.39, 0.29) is 35.8 Å². The van der Waals surface area contributed by atoms with Crippen LogP contribution < -0.4 is 0 Å². The molecule has 0 aliphatic carbocycles. The van der Waals surface area contributed by atoms with Crippen LogP contribution in [0.25, 0.3) is 0 Å². The van der Waals surface area contributed by atoms with E-state index in [9.17, 15) is 0 Å². The van der Waals surface area contributed by atoms with Gasteiger partial charge in [-0.25, -0.2) is 0 Å². The maximum Gasteiger partial charge on any atom is 0.0822 e. The predicted molar refractivity (Wildman–Crippen MR) is 161 cm³/mol. The van der Waals surface area contributed by atoms with Gasteiger partial charge in [0.25, 0.3) is 0 Å². The first-order valence-corrected chi connectivity index (χ1v) is 11.5. The van der Waals surface area contributed by atoms with E-state index in [0.717, 1.165) is 0 Å². The summed E-state index contributed by atoms with van der Waals surface area (Å²) < 4.78 is 0. The molecule has 5 unspecified atom stereocenters. The summed E-state index contributed by atoms with van der Waals surface area (Å²) in [6.45, 7) is 11.1. The van der Waals surface area contributed by atoms with Crippen molar-refractivity contribution in [2.75, 3.05) is 0 Å². The predicted octanol–water partition coefficient (Wildman–Crippen LogP) is -4.52. The van der Waals surface area contributed by atoms with E-state index in [1.54, 1.807) is 14.2 Å². The maximum atomic E-state index is 6.70. The second kappa shape index (κ2) is 12.8. The van der Waals surface area contributed by atoms with Crippen molar-refractivity contribution in [3.8, 4) is 0 Å². The third-order valence-electron chi connectivity index (χ3n) is 7.47. The van der Waals surface area contributed by atoms with Gasteiger partial charge in [-0.05, 0) is 50.0 Å². The quantitative estimate of drug-likeness (QED) is 0.327. The van der Waals surface area contributed by atoms with E-state index in [0.29, 0.717) is 0 Å². The average molecular weight is 392 g/mol. The van der Waals surface area contributed by atoms with Gasteiger partial charge in [0.1, 0.15) is 0 Å². The normalized spacial score (nSPS) is 26.2. The molecule has 1 saturated heterocycles. The van der Waals surface area contributed by atoms with Gasteiger partial charge in [0, 0.05) is 109 Å². The zero-order valence-electron chi connectivity index (χ0n) is 20.7. The van der Waals surface area contributed by atoms with Gasteiger partial charge in [0.05, 0.1) is 26.7 Å². The Morgan fingerprint density at radius 2 is 1.34 bits per heavy atom. The number of hydrogen-bond donors (Lipinski definition) is 0. The number of rotatable bonds is 11. The number of hydrogen-bond acceptors (Lipinski definition) is 2. The fraction of sp³-hybridized carbons (Fsp3) is 1.00. The van der Waals surface area contributed by atoms with Gasteiger partial charge in [-0.3, -0.25) is 0 Å². The van der Waals surface area contributed by atoms with Crippen LogP contribution in [-0.4, -0.2) is 168 Å². The van der Waals surface area contributed by atoms with Gasteiger partial charge < -0.3 is 9.80 Å². The molecule has 0 aromatic heterocycles. The molecule has 1 aliphatic rings. The van der Waals surface area contributed by atoms with Gasteiger partial charge in [-0.2, -0.15) is 0 Å². The first-order chi connectivity index (χ1) is 14.7. The molecule has 0 N–H and O–H groups in total. The molecule has 32 heavy (non-hydrogen) atoms. The molecule has 1 fully saturated rings. The van der Waals surface area contributed by atoms with Crippen molar-refractivity contribution in [2.45, 2.75) is 76.9 Å². The molecule has 5 atom stereocenters. The van der Waals surface area contributed by atoms with Crippen LogP contribution >= 0.6 is 0 Å². The Hall–Kier alpha value is 1.02. The third kappa shape index (κ3) is 6.04. The van der Waals surface area contributed by atoms with E-state index in [1.165, 1.54) is 7.06 Å². The Morgan fingerprint density at radius 3 is 1.66 bits per heavy atom.